The number of aromatic nitrogens is 4. The minimum atomic E-state index is -0.114. The highest BCUT2D eigenvalue weighted by Gasteiger charge is 2.05. The fourth-order valence-corrected chi connectivity index (χ4v) is 2.03. The number of para-hydroxylation sites is 2. The second-order valence-electron chi connectivity index (χ2n) is 3.88. The number of imidazole rings is 1. The summed E-state index contributed by atoms with van der Waals surface area (Å²) in [6, 6.07) is 7.81. The topological polar surface area (TPSA) is 74.4 Å². The Hall–Kier alpha value is -1.70. The monoisotopic (exact) mass is 352 g/mol. The largest absolute Gasteiger partial charge is 0.342 e. The van der Waals surface area contributed by atoms with Crippen LogP contribution in [0.15, 0.2) is 35.3 Å². The average Bonchev–Trinajstić information content (AvgIpc) is 2.76. The molecule has 0 bridgehead atoms. The first-order valence-corrected chi connectivity index (χ1v) is 6.47. The molecule has 0 aliphatic carbocycles. The molecule has 0 unspecified atom stereocenters. The third kappa shape index (κ3) is 2.15. The SMILES string of the molecule is O=c1[nH]c(Cc2nc3ccccc3[nH]2)ncc1I. The average molecular weight is 352 g/mol. The van der Waals surface area contributed by atoms with E-state index in [1.54, 1.807) is 6.20 Å². The highest BCUT2D eigenvalue weighted by Crippen LogP contribution is 2.11. The quantitative estimate of drug-likeness (QED) is 0.692. The van der Waals surface area contributed by atoms with E-state index in [9.17, 15) is 4.79 Å². The Morgan fingerprint density at radius 3 is 2.78 bits per heavy atom. The number of aromatic amines is 2. The van der Waals surface area contributed by atoms with E-state index in [2.05, 4.69) is 19.9 Å². The van der Waals surface area contributed by atoms with Gasteiger partial charge in [0.2, 0.25) is 0 Å². The summed E-state index contributed by atoms with van der Waals surface area (Å²) in [4.78, 5) is 26.0. The Bertz CT molecular complexity index is 729. The van der Waals surface area contributed by atoms with Crippen LogP contribution in [0.25, 0.3) is 11.0 Å². The summed E-state index contributed by atoms with van der Waals surface area (Å²) >= 11 is 1.95. The third-order valence-electron chi connectivity index (χ3n) is 2.58. The fraction of sp³-hybridized carbons (Fsp3) is 0.0833. The molecule has 1 aromatic carbocycles. The number of hydrogen-bond acceptors (Lipinski definition) is 3. The van der Waals surface area contributed by atoms with Crippen LogP contribution < -0.4 is 5.56 Å². The van der Waals surface area contributed by atoms with Gasteiger partial charge in [0, 0.05) is 6.20 Å². The lowest BCUT2D eigenvalue weighted by Gasteiger charge is -1.97. The number of nitrogens with zero attached hydrogens (tertiary/aromatic N) is 2. The first-order valence-electron chi connectivity index (χ1n) is 5.40. The first-order chi connectivity index (χ1) is 8.72. The molecule has 0 aliphatic rings. The Labute approximate surface area is 116 Å². The molecule has 18 heavy (non-hydrogen) atoms. The number of nitrogens with one attached hydrogen (secondary N) is 2. The van der Waals surface area contributed by atoms with Crippen molar-refractivity contribution in [3.63, 3.8) is 0 Å². The van der Waals surface area contributed by atoms with Gasteiger partial charge in [-0.25, -0.2) is 9.97 Å². The molecule has 0 saturated heterocycles. The second-order valence-corrected chi connectivity index (χ2v) is 5.05. The van der Waals surface area contributed by atoms with E-state index >= 15 is 0 Å². The van der Waals surface area contributed by atoms with E-state index < -0.39 is 0 Å². The number of halogens is 1. The highest BCUT2D eigenvalue weighted by atomic mass is 127. The van der Waals surface area contributed by atoms with Crippen LogP contribution in [0.2, 0.25) is 0 Å². The van der Waals surface area contributed by atoms with Gasteiger partial charge in [0.25, 0.3) is 5.56 Å². The summed E-state index contributed by atoms with van der Waals surface area (Å²) in [6.45, 7) is 0. The molecule has 0 atom stereocenters. The van der Waals surface area contributed by atoms with Crippen LogP contribution in [0, 0.1) is 3.57 Å². The Morgan fingerprint density at radius 1 is 1.17 bits per heavy atom. The molecule has 2 heterocycles. The number of benzene rings is 1. The Balaban J connectivity index is 1.96. The predicted octanol–water partition coefficient (Wildman–Crippen LogP) is 1.84. The van der Waals surface area contributed by atoms with Gasteiger partial charge in [-0.3, -0.25) is 4.79 Å². The minimum Gasteiger partial charge on any atom is -0.342 e. The van der Waals surface area contributed by atoms with E-state index in [0.717, 1.165) is 16.9 Å². The van der Waals surface area contributed by atoms with Crippen molar-refractivity contribution in [3.05, 3.63) is 56.0 Å². The van der Waals surface area contributed by atoms with E-state index in [1.807, 2.05) is 46.9 Å². The fourth-order valence-electron chi connectivity index (χ4n) is 1.75. The number of rotatable bonds is 2. The Morgan fingerprint density at radius 2 is 2.00 bits per heavy atom. The van der Waals surface area contributed by atoms with Crippen molar-refractivity contribution in [2.75, 3.05) is 0 Å². The van der Waals surface area contributed by atoms with E-state index in [-0.39, 0.29) is 5.56 Å². The molecule has 2 N–H and O–H groups in total. The molecule has 0 fully saturated rings. The van der Waals surface area contributed by atoms with Gasteiger partial charge in [0.05, 0.1) is 21.0 Å². The zero-order valence-corrected chi connectivity index (χ0v) is 11.4. The van der Waals surface area contributed by atoms with Crippen molar-refractivity contribution < 1.29 is 0 Å². The maximum atomic E-state index is 11.5. The van der Waals surface area contributed by atoms with Gasteiger partial charge >= 0.3 is 0 Å². The molecule has 90 valence electrons. The minimum absolute atomic E-state index is 0.114. The molecule has 3 aromatic rings. The van der Waals surface area contributed by atoms with Crippen LogP contribution in [0.3, 0.4) is 0 Å². The zero-order valence-electron chi connectivity index (χ0n) is 9.27. The van der Waals surface area contributed by atoms with Gasteiger partial charge in [0.1, 0.15) is 11.6 Å². The summed E-state index contributed by atoms with van der Waals surface area (Å²) < 4.78 is 0.584. The van der Waals surface area contributed by atoms with E-state index in [4.69, 9.17) is 0 Å². The number of H-pyrrole nitrogens is 2. The van der Waals surface area contributed by atoms with Crippen LogP contribution >= 0.6 is 22.6 Å². The van der Waals surface area contributed by atoms with E-state index in [1.165, 1.54) is 0 Å². The normalized spacial score (nSPS) is 10.9. The molecule has 5 nitrogen and oxygen atoms in total. The van der Waals surface area contributed by atoms with E-state index in [0.29, 0.717) is 15.8 Å². The second kappa shape index (κ2) is 4.52. The number of fused-ring (bicyclic) bond motifs is 1. The molecular formula is C12H9IN4O. The van der Waals surface area contributed by atoms with Crippen LogP contribution in [-0.2, 0) is 6.42 Å². The number of hydrogen-bond donors (Lipinski definition) is 2. The lowest BCUT2D eigenvalue weighted by molar-refractivity contribution is 0.896. The van der Waals surface area contributed by atoms with Crippen LogP contribution in [0.4, 0.5) is 0 Å². The van der Waals surface area contributed by atoms with Gasteiger partial charge in [-0.05, 0) is 34.7 Å². The van der Waals surface area contributed by atoms with Gasteiger partial charge < -0.3 is 9.97 Å². The van der Waals surface area contributed by atoms with Crippen molar-refractivity contribution in [3.8, 4) is 0 Å². The molecular weight excluding hydrogens is 343 g/mol. The maximum absolute atomic E-state index is 11.5. The molecule has 2 aromatic heterocycles. The molecule has 0 aliphatic heterocycles. The summed E-state index contributed by atoms with van der Waals surface area (Å²) in [5, 5.41) is 0. The summed E-state index contributed by atoms with van der Waals surface area (Å²) in [5.41, 5.74) is 1.79. The third-order valence-corrected chi connectivity index (χ3v) is 3.35. The molecule has 0 amide bonds. The standard InChI is InChI=1S/C12H9IN4O/c13-7-6-14-10(17-12(7)18)5-11-15-8-3-1-2-4-9(8)16-11/h1-4,6H,5H2,(H,15,16)(H,14,17,18). The summed E-state index contributed by atoms with van der Waals surface area (Å²) in [6.07, 6.45) is 2.05. The maximum Gasteiger partial charge on any atom is 0.264 e. The van der Waals surface area contributed by atoms with Gasteiger partial charge in [0.15, 0.2) is 0 Å². The van der Waals surface area contributed by atoms with Crippen molar-refractivity contribution in [1.82, 2.24) is 19.9 Å². The molecule has 3 rings (SSSR count). The highest BCUT2D eigenvalue weighted by molar-refractivity contribution is 14.1. The van der Waals surface area contributed by atoms with Crippen LogP contribution in [0.1, 0.15) is 11.6 Å². The van der Waals surface area contributed by atoms with Crippen molar-refractivity contribution in [2.24, 2.45) is 0 Å². The summed E-state index contributed by atoms with van der Waals surface area (Å²) in [5.74, 6) is 1.40. The first kappa shape index (κ1) is 11.4. The predicted molar refractivity (Wildman–Crippen MR) is 76.5 cm³/mol. The Kier molecular flexibility index (Phi) is 2.86. The lowest BCUT2D eigenvalue weighted by atomic mass is 10.3. The van der Waals surface area contributed by atoms with Crippen molar-refractivity contribution >= 4 is 33.6 Å². The molecule has 0 saturated carbocycles. The van der Waals surface area contributed by atoms with Gasteiger partial charge in [-0.15, -0.1) is 0 Å². The molecule has 6 heteroatoms. The van der Waals surface area contributed by atoms with Crippen molar-refractivity contribution in [2.45, 2.75) is 6.42 Å². The zero-order chi connectivity index (χ0) is 12.5. The summed E-state index contributed by atoms with van der Waals surface area (Å²) in [7, 11) is 0. The van der Waals surface area contributed by atoms with Crippen LogP contribution in [0.5, 0.6) is 0 Å². The van der Waals surface area contributed by atoms with Crippen LogP contribution in [-0.4, -0.2) is 19.9 Å². The molecule has 0 radical (unpaired) electrons. The van der Waals surface area contributed by atoms with Gasteiger partial charge in [-0.1, -0.05) is 12.1 Å². The van der Waals surface area contributed by atoms with Crippen molar-refractivity contribution in [1.29, 1.82) is 0 Å². The lowest BCUT2D eigenvalue weighted by Crippen LogP contribution is -2.14. The smallest absolute Gasteiger partial charge is 0.264 e. The molecule has 0 spiro atoms. The van der Waals surface area contributed by atoms with Gasteiger partial charge in [-0.2, -0.15) is 0 Å².